The number of nitrogens with one attached hydrogen (secondary N) is 2. The van der Waals surface area contributed by atoms with E-state index in [2.05, 4.69) is 20.8 Å². The van der Waals surface area contributed by atoms with Gasteiger partial charge in [-0.3, -0.25) is 9.59 Å². The Labute approximate surface area is 184 Å². The molecule has 0 unspecified atom stereocenters. The van der Waals surface area contributed by atoms with E-state index in [4.69, 9.17) is 4.74 Å². The maximum absolute atomic E-state index is 12.6. The first-order chi connectivity index (χ1) is 15.1. The molecular weight excluding hydrogens is 412 g/mol. The Hall–Kier alpha value is -3.26. The number of aryl methyl sites for hydroxylation is 1. The molecule has 0 aliphatic heterocycles. The van der Waals surface area contributed by atoms with Gasteiger partial charge >= 0.3 is 0 Å². The maximum Gasteiger partial charge on any atom is 0.286 e. The molecule has 2 N–H and O–H groups in total. The average molecular weight is 437 g/mol. The summed E-state index contributed by atoms with van der Waals surface area (Å²) in [6.45, 7) is 2.23. The van der Waals surface area contributed by atoms with Crippen molar-refractivity contribution in [3.05, 3.63) is 69.7 Å². The van der Waals surface area contributed by atoms with Gasteiger partial charge in [-0.15, -0.1) is 10.2 Å². The molecule has 1 heterocycles. The van der Waals surface area contributed by atoms with Crippen LogP contribution in [0.3, 0.4) is 0 Å². The predicted molar refractivity (Wildman–Crippen MR) is 120 cm³/mol. The van der Waals surface area contributed by atoms with Crippen molar-refractivity contribution in [1.82, 2.24) is 15.5 Å². The molecule has 1 aliphatic carbocycles. The van der Waals surface area contributed by atoms with Crippen LogP contribution in [-0.4, -0.2) is 28.1 Å². The third-order valence-corrected chi connectivity index (χ3v) is 5.98. The number of hydrogen-bond acceptors (Lipinski definition) is 6. The molecule has 0 bridgehead atoms. The molecular formula is C23H24N4O3S. The Balaban J connectivity index is 1.34. The Kier molecular flexibility index (Phi) is 6.57. The number of rotatable bonds is 7. The van der Waals surface area contributed by atoms with Crippen molar-refractivity contribution in [3.8, 4) is 5.75 Å². The fourth-order valence-corrected chi connectivity index (χ4v) is 4.16. The summed E-state index contributed by atoms with van der Waals surface area (Å²) >= 11 is 1.18. The zero-order valence-electron chi connectivity index (χ0n) is 17.3. The van der Waals surface area contributed by atoms with Gasteiger partial charge in [-0.1, -0.05) is 42.4 Å². The molecule has 2 aromatic carbocycles. The fraction of sp³-hybridized carbons (Fsp3) is 0.304. The van der Waals surface area contributed by atoms with Gasteiger partial charge in [0.25, 0.3) is 11.8 Å². The van der Waals surface area contributed by atoms with Crippen LogP contribution >= 0.6 is 11.3 Å². The van der Waals surface area contributed by atoms with Gasteiger partial charge in [-0.2, -0.15) is 0 Å². The van der Waals surface area contributed by atoms with Crippen LogP contribution in [-0.2, 0) is 6.61 Å². The third-order valence-electron chi connectivity index (χ3n) is 5.09. The molecule has 8 heteroatoms. The van der Waals surface area contributed by atoms with Crippen molar-refractivity contribution in [1.29, 1.82) is 0 Å². The lowest BCUT2D eigenvalue weighted by molar-refractivity contribution is 0.0936. The zero-order chi connectivity index (χ0) is 21.6. The molecule has 31 heavy (non-hydrogen) atoms. The lowest BCUT2D eigenvalue weighted by atomic mass is 10.1. The highest BCUT2D eigenvalue weighted by Gasteiger charge is 2.19. The number of amides is 2. The minimum atomic E-state index is -0.368. The van der Waals surface area contributed by atoms with Gasteiger partial charge in [-0.05, 0) is 55.7 Å². The summed E-state index contributed by atoms with van der Waals surface area (Å²) in [7, 11) is 0. The number of carbonyl (C=O) groups excluding carboxylic acids is 2. The van der Waals surface area contributed by atoms with E-state index in [1.807, 2.05) is 31.2 Å². The highest BCUT2D eigenvalue weighted by molar-refractivity contribution is 7.13. The molecule has 1 aliphatic rings. The van der Waals surface area contributed by atoms with Crippen LogP contribution in [0.15, 0.2) is 48.5 Å². The first-order valence-electron chi connectivity index (χ1n) is 10.3. The van der Waals surface area contributed by atoms with E-state index < -0.39 is 0 Å². The number of anilines is 1. The summed E-state index contributed by atoms with van der Waals surface area (Å²) in [5, 5.41) is 14.7. The Morgan fingerprint density at radius 2 is 1.87 bits per heavy atom. The second-order valence-corrected chi connectivity index (χ2v) is 8.66. The van der Waals surface area contributed by atoms with Gasteiger partial charge in [0.2, 0.25) is 5.01 Å². The number of carbonyl (C=O) groups is 2. The molecule has 0 radical (unpaired) electrons. The molecule has 0 spiro atoms. The Morgan fingerprint density at radius 3 is 2.68 bits per heavy atom. The largest absolute Gasteiger partial charge is 0.486 e. The van der Waals surface area contributed by atoms with Gasteiger partial charge in [0, 0.05) is 17.3 Å². The molecule has 160 valence electrons. The molecule has 2 amide bonds. The molecule has 1 saturated carbocycles. The van der Waals surface area contributed by atoms with Gasteiger partial charge in [0.15, 0.2) is 5.01 Å². The molecule has 1 aromatic heterocycles. The van der Waals surface area contributed by atoms with E-state index in [0.29, 0.717) is 16.3 Å². The monoisotopic (exact) mass is 436 g/mol. The third kappa shape index (κ3) is 5.67. The highest BCUT2D eigenvalue weighted by Crippen LogP contribution is 2.20. The summed E-state index contributed by atoms with van der Waals surface area (Å²) < 4.78 is 5.71. The van der Waals surface area contributed by atoms with Crippen molar-refractivity contribution in [2.75, 3.05) is 5.32 Å². The minimum Gasteiger partial charge on any atom is -0.486 e. The van der Waals surface area contributed by atoms with Gasteiger partial charge in [-0.25, -0.2) is 0 Å². The van der Waals surface area contributed by atoms with Crippen molar-refractivity contribution in [3.63, 3.8) is 0 Å². The van der Waals surface area contributed by atoms with Gasteiger partial charge in [0.1, 0.15) is 12.4 Å². The van der Waals surface area contributed by atoms with Crippen LogP contribution in [0.4, 0.5) is 5.69 Å². The van der Waals surface area contributed by atoms with Crippen LogP contribution in [0.1, 0.15) is 56.4 Å². The van der Waals surface area contributed by atoms with Crippen LogP contribution in [0.2, 0.25) is 0 Å². The van der Waals surface area contributed by atoms with Crippen molar-refractivity contribution in [2.45, 2.75) is 45.3 Å². The lowest BCUT2D eigenvalue weighted by Crippen LogP contribution is -2.32. The van der Waals surface area contributed by atoms with Crippen molar-refractivity contribution >= 4 is 28.8 Å². The molecule has 0 saturated heterocycles. The first kappa shape index (κ1) is 21.0. The van der Waals surface area contributed by atoms with E-state index in [0.717, 1.165) is 37.0 Å². The number of benzene rings is 2. The van der Waals surface area contributed by atoms with Crippen molar-refractivity contribution in [2.24, 2.45) is 0 Å². The molecule has 1 fully saturated rings. The fourth-order valence-electron chi connectivity index (χ4n) is 3.52. The number of hydrogen-bond donors (Lipinski definition) is 2. The summed E-state index contributed by atoms with van der Waals surface area (Å²) in [4.78, 5) is 25.0. The molecule has 7 nitrogen and oxygen atoms in total. The zero-order valence-corrected chi connectivity index (χ0v) is 18.1. The summed E-state index contributed by atoms with van der Waals surface area (Å²) in [5.74, 6) is 0.260. The van der Waals surface area contributed by atoms with Crippen LogP contribution in [0.25, 0.3) is 0 Å². The minimum absolute atomic E-state index is 0.116. The molecule has 3 aromatic rings. The topological polar surface area (TPSA) is 93.2 Å². The quantitative estimate of drug-likeness (QED) is 0.574. The maximum atomic E-state index is 12.6. The Bertz CT molecular complexity index is 1080. The van der Waals surface area contributed by atoms with Gasteiger partial charge in [0.05, 0.1) is 0 Å². The summed E-state index contributed by atoms with van der Waals surface area (Å²) in [5.41, 5.74) is 2.17. The SMILES string of the molecule is Cc1cccc(OCc2nnc(C(=O)Nc3cccc(C(=O)NC4CCCC4)c3)s2)c1. The van der Waals surface area contributed by atoms with Crippen LogP contribution < -0.4 is 15.4 Å². The molecule has 4 rings (SSSR count). The van der Waals surface area contributed by atoms with E-state index in [9.17, 15) is 9.59 Å². The summed E-state index contributed by atoms with van der Waals surface area (Å²) in [6.07, 6.45) is 4.35. The summed E-state index contributed by atoms with van der Waals surface area (Å²) in [6, 6.07) is 14.9. The Morgan fingerprint density at radius 1 is 1.06 bits per heavy atom. The van der Waals surface area contributed by atoms with Crippen molar-refractivity contribution < 1.29 is 14.3 Å². The average Bonchev–Trinajstić information content (AvgIpc) is 3.45. The number of aromatic nitrogens is 2. The number of nitrogens with zero attached hydrogens (tertiary/aromatic N) is 2. The smallest absolute Gasteiger partial charge is 0.286 e. The normalized spacial score (nSPS) is 13.7. The standard InChI is InChI=1S/C23H24N4O3S/c1-15-6-4-11-19(12-15)30-14-20-26-27-23(31-20)22(29)25-18-10-5-7-16(13-18)21(28)24-17-8-2-3-9-17/h4-7,10-13,17H,2-3,8-9,14H2,1H3,(H,24,28)(H,25,29). The van der Waals surface area contributed by atoms with Gasteiger partial charge < -0.3 is 15.4 Å². The van der Waals surface area contributed by atoms with E-state index in [-0.39, 0.29) is 29.5 Å². The second-order valence-electron chi connectivity index (χ2n) is 7.60. The van der Waals surface area contributed by atoms with Crippen LogP contribution in [0, 0.1) is 6.92 Å². The number of ether oxygens (including phenoxy) is 1. The first-order valence-corrected chi connectivity index (χ1v) is 11.1. The lowest BCUT2D eigenvalue weighted by Gasteiger charge is -2.12. The molecule has 0 atom stereocenters. The van der Waals surface area contributed by atoms with E-state index in [1.165, 1.54) is 11.3 Å². The highest BCUT2D eigenvalue weighted by atomic mass is 32.1. The second kappa shape index (κ2) is 9.70. The predicted octanol–water partition coefficient (Wildman–Crippen LogP) is 4.35. The van der Waals surface area contributed by atoms with E-state index in [1.54, 1.807) is 24.3 Å². The van der Waals surface area contributed by atoms with Crippen LogP contribution in [0.5, 0.6) is 5.75 Å². The van der Waals surface area contributed by atoms with E-state index >= 15 is 0 Å².